The lowest BCUT2D eigenvalue weighted by Gasteiger charge is -2.11. The van der Waals surface area contributed by atoms with Crippen molar-refractivity contribution in [2.24, 2.45) is 5.92 Å². The number of benzene rings is 1. The van der Waals surface area contributed by atoms with Gasteiger partial charge in [-0.1, -0.05) is 24.3 Å². The molecule has 1 aromatic rings. The van der Waals surface area contributed by atoms with Gasteiger partial charge in [-0.3, -0.25) is 4.79 Å². The van der Waals surface area contributed by atoms with Crippen molar-refractivity contribution in [3.63, 3.8) is 0 Å². The molecule has 98 valence electrons. The van der Waals surface area contributed by atoms with Crippen LogP contribution < -0.4 is 5.32 Å². The van der Waals surface area contributed by atoms with E-state index in [1.54, 1.807) is 0 Å². The van der Waals surface area contributed by atoms with Gasteiger partial charge in [0.15, 0.2) is 0 Å². The minimum atomic E-state index is 0.113. The molecule has 0 heterocycles. The number of carbonyl (C=O) groups is 1. The molecule has 2 unspecified atom stereocenters. The van der Waals surface area contributed by atoms with Crippen molar-refractivity contribution in [2.45, 2.75) is 38.0 Å². The van der Waals surface area contributed by atoms with Crippen LogP contribution in [0.2, 0.25) is 0 Å². The molecule has 0 aromatic heterocycles. The van der Waals surface area contributed by atoms with Crippen LogP contribution in [-0.4, -0.2) is 17.8 Å². The number of hydrogen-bond donors (Lipinski definition) is 1. The summed E-state index contributed by atoms with van der Waals surface area (Å²) >= 11 is 6.06. The zero-order chi connectivity index (χ0) is 13.0. The molecular weight excluding hydrogens is 246 g/mol. The number of aryl methyl sites for hydroxylation is 1. The summed E-state index contributed by atoms with van der Waals surface area (Å²) in [5.41, 5.74) is 2.28. The summed E-state index contributed by atoms with van der Waals surface area (Å²) in [6.07, 6.45) is 3.73. The quantitative estimate of drug-likeness (QED) is 0.833. The van der Waals surface area contributed by atoms with Gasteiger partial charge in [0.25, 0.3) is 0 Å². The molecule has 1 aliphatic rings. The predicted octanol–water partition coefficient (Wildman–Crippen LogP) is 3.06. The van der Waals surface area contributed by atoms with Gasteiger partial charge in [0, 0.05) is 11.9 Å². The first-order valence-corrected chi connectivity index (χ1v) is 7.04. The molecule has 0 aliphatic heterocycles. The Hall–Kier alpha value is -1.02. The van der Waals surface area contributed by atoms with Crippen LogP contribution >= 0.6 is 11.6 Å². The number of amides is 1. The Kier molecular flexibility index (Phi) is 4.65. The summed E-state index contributed by atoms with van der Waals surface area (Å²) in [5, 5.41) is 3.33. The minimum Gasteiger partial charge on any atom is -0.356 e. The van der Waals surface area contributed by atoms with Crippen LogP contribution in [-0.2, 0) is 11.2 Å². The average molecular weight is 266 g/mol. The maximum Gasteiger partial charge on any atom is 0.224 e. The van der Waals surface area contributed by atoms with Gasteiger partial charge in [-0.25, -0.2) is 0 Å². The van der Waals surface area contributed by atoms with Gasteiger partial charge in [0.2, 0.25) is 5.91 Å². The van der Waals surface area contributed by atoms with E-state index in [1.165, 1.54) is 5.56 Å². The second-order valence-corrected chi connectivity index (χ2v) is 5.80. The lowest BCUT2D eigenvalue weighted by atomic mass is 10.1. The van der Waals surface area contributed by atoms with Crippen molar-refractivity contribution in [2.75, 3.05) is 6.54 Å². The highest BCUT2D eigenvalue weighted by Gasteiger charge is 2.22. The molecule has 3 heteroatoms. The van der Waals surface area contributed by atoms with Crippen molar-refractivity contribution in [3.05, 3.63) is 35.4 Å². The zero-order valence-electron chi connectivity index (χ0n) is 10.8. The van der Waals surface area contributed by atoms with Crippen LogP contribution in [0, 0.1) is 12.8 Å². The molecule has 1 aromatic carbocycles. The van der Waals surface area contributed by atoms with Crippen molar-refractivity contribution >= 4 is 17.5 Å². The van der Waals surface area contributed by atoms with Crippen LogP contribution in [0.4, 0.5) is 0 Å². The zero-order valence-corrected chi connectivity index (χ0v) is 11.5. The summed E-state index contributed by atoms with van der Waals surface area (Å²) < 4.78 is 0. The lowest BCUT2D eigenvalue weighted by Crippen LogP contribution is -2.30. The first-order valence-electron chi connectivity index (χ1n) is 6.60. The van der Waals surface area contributed by atoms with Crippen molar-refractivity contribution in [1.29, 1.82) is 0 Å². The third kappa shape index (κ3) is 3.74. The molecule has 1 amide bonds. The third-order valence-electron chi connectivity index (χ3n) is 3.68. The maximum absolute atomic E-state index is 11.9. The van der Waals surface area contributed by atoms with Crippen LogP contribution in [0.25, 0.3) is 0 Å². The van der Waals surface area contributed by atoms with Crippen molar-refractivity contribution in [1.82, 2.24) is 5.32 Å². The number of alkyl halides is 1. The molecule has 0 radical (unpaired) electrons. The number of nitrogens with one attached hydrogen (secondary N) is 1. The van der Waals surface area contributed by atoms with E-state index >= 15 is 0 Å². The molecule has 2 rings (SSSR count). The Morgan fingerprint density at radius 1 is 1.39 bits per heavy atom. The topological polar surface area (TPSA) is 29.1 Å². The number of carbonyl (C=O) groups excluding carboxylic acids is 1. The Labute approximate surface area is 114 Å². The van der Waals surface area contributed by atoms with Gasteiger partial charge in [0.05, 0.1) is 6.42 Å². The van der Waals surface area contributed by atoms with Crippen LogP contribution in [0.5, 0.6) is 0 Å². The fourth-order valence-corrected chi connectivity index (χ4v) is 2.88. The van der Waals surface area contributed by atoms with Crippen LogP contribution in [0.1, 0.15) is 30.4 Å². The van der Waals surface area contributed by atoms with Gasteiger partial charge < -0.3 is 5.32 Å². The second-order valence-electron chi connectivity index (χ2n) is 5.18. The number of hydrogen-bond acceptors (Lipinski definition) is 1. The van der Waals surface area contributed by atoms with Gasteiger partial charge in [0.1, 0.15) is 0 Å². The van der Waals surface area contributed by atoms with Gasteiger partial charge >= 0.3 is 0 Å². The van der Waals surface area contributed by atoms with Crippen LogP contribution in [0.15, 0.2) is 24.3 Å². The van der Waals surface area contributed by atoms with E-state index in [1.807, 2.05) is 31.2 Å². The number of rotatable bonds is 4. The minimum absolute atomic E-state index is 0.113. The Bertz CT molecular complexity index is 419. The molecule has 1 fully saturated rings. The van der Waals surface area contributed by atoms with E-state index in [-0.39, 0.29) is 5.91 Å². The molecule has 1 N–H and O–H groups in total. The van der Waals surface area contributed by atoms with E-state index in [2.05, 4.69) is 5.32 Å². The first kappa shape index (κ1) is 13.4. The van der Waals surface area contributed by atoms with Gasteiger partial charge in [-0.05, 0) is 43.2 Å². The molecule has 0 spiro atoms. The van der Waals surface area contributed by atoms with Crippen LogP contribution in [0.3, 0.4) is 0 Å². The fourth-order valence-electron chi connectivity index (χ4n) is 2.50. The normalized spacial score (nSPS) is 23.0. The lowest BCUT2D eigenvalue weighted by molar-refractivity contribution is -0.120. The van der Waals surface area contributed by atoms with E-state index in [0.717, 1.165) is 31.4 Å². The van der Waals surface area contributed by atoms with Gasteiger partial charge in [-0.2, -0.15) is 0 Å². The highest BCUT2D eigenvalue weighted by atomic mass is 35.5. The molecular formula is C15H20ClNO. The summed E-state index contributed by atoms with van der Waals surface area (Å²) in [6.45, 7) is 2.81. The second kappa shape index (κ2) is 6.24. The molecule has 1 saturated carbocycles. The standard InChI is InChI=1S/C15H20ClNO/c1-11-4-2-3-5-13(11)9-15(18)17-10-12-6-7-14(16)8-12/h2-5,12,14H,6-10H2,1H3,(H,17,18). The summed E-state index contributed by atoms with van der Waals surface area (Å²) in [4.78, 5) is 11.9. The molecule has 2 atom stereocenters. The Morgan fingerprint density at radius 3 is 2.83 bits per heavy atom. The SMILES string of the molecule is Cc1ccccc1CC(=O)NCC1CCC(Cl)C1. The highest BCUT2D eigenvalue weighted by Crippen LogP contribution is 2.28. The molecule has 0 bridgehead atoms. The molecule has 1 aliphatic carbocycles. The Morgan fingerprint density at radius 2 is 2.17 bits per heavy atom. The third-order valence-corrected chi connectivity index (χ3v) is 4.07. The van der Waals surface area contributed by atoms with Crippen molar-refractivity contribution in [3.8, 4) is 0 Å². The predicted molar refractivity (Wildman–Crippen MR) is 74.9 cm³/mol. The smallest absolute Gasteiger partial charge is 0.224 e. The number of halogens is 1. The van der Waals surface area contributed by atoms with Crippen molar-refractivity contribution < 1.29 is 4.79 Å². The Balaban J connectivity index is 1.77. The van der Waals surface area contributed by atoms with E-state index in [0.29, 0.717) is 17.7 Å². The summed E-state index contributed by atoms with van der Waals surface area (Å²) in [6, 6.07) is 8.03. The first-order chi connectivity index (χ1) is 8.65. The molecule has 0 saturated heterocycles. The van der Waals surface area contributed by atoms with E-state index < -0.39 is 0 Å². The monoisotopic (exact) mass is 265 g/mol. The van der Waals surface area contributed by atoms with E-state index in [9.17, 15) is 4.79 Å². The van der Waals surface area contributed by atoms with Gasteiger partial charge in [-0.15, -0.1) is 11.6 Å². The van der Waals surface area contributed by atoms with E-state index in [4.69, 9.17) is 11.6 Å². The summed E-state index contributed by atoms with van der Waals surface area (Å²) in [7, 11) is 0. The maximum atomic E-state index is 11.9. The average Bonchev–Trinajstić information content (AvgIpc) is 2.76. The fraction of sp³-hybridized carbons (Fsp3) is 0.533. The largest absolute Gasteiger partial charge is 0.356 e. The highest BCUT2D eigenvalue weighted by molar-refractivity contribution is 6.20. The molecule has 18 heavy (non-hydrogen) atoms. The molecule has 2 nitrogen and oxygen atoms in total. The summed E-state index contributed by atoms with van der Waals surface area (Å²) in [5.74, 6) is 0.677.